The van der Waals surface area contributed by atoms with E-state index >= 15 is 0 Å². The van der Waals surface area contributed by atoms with E-state index in [0.29, 0.717) is 34.2 Å². The van der Waals surface area contributed by atoms with Gasteiger partial charge in [-0.05, 0) is 126 Å². The van der Waals surface area contributed by atoms with Crippen LogP contribution in [0.2, 0.25) is 0 Å². The van der Waals surface area contributed by atoms with Crippen molar-refractivity contribution in [1.29, 1.82) is 0 Å². The Morgan fingerprint density at radius 1 is 0.535 bits per heavy atom. The van der Waals surface area contributed by atoms with Gasteiger partial charge in [-0.15, -0.1) is 0 Å². The second-order valence-corrected chi connectivity index (χ2v) is 37.3. The van der Waals surface area contributed by atoms with Crippen LogP contribution in [0, 0.1) is 20.8 Å². The van der Waals surface area contributed by atoms with Gasteiger partial charge in [-0.3, -0.25) is 33.7 Å². The van der Waals surface area contributed by atoms with E-state index in [0.717, 1.165) is 52.8 Å². The number of nitrogens with one attached hydrogen (secondary N) is 3. The van der Waals surface area contributed by atoms with Gasteiger partial charge in [0.2, 0.25) is 0 Å². The number of benzene rings is 6. The van der Waals surface area contributed by atoms with Crippen LogP contribution in [0.1, 0.15) is 102 Å². The molecule has 0 amide bonds. The fourth-order valence-corrected chi connectivity index (χ4v) is 7.01. The molecule has 6 aromatic carbocycles. The Bertz CT molecular complexity index is 3770. The number of rotatable bonds is 9. The SMILES string of the molecule is CCC.CCC(I)(I)I.CCC(I)I.CCCI.CCc1ccccc1.Cc1ccc2c(=O)[nH]cnc2c1.Cc1ccc2c(=O)n(Cc3ccccc3)cnc2c1.Cc1cn[nH]c1.O=c1c2ccc(-c3cn[nH]c3)cc2ncn1Cc1ccccc1.[2HH]. The van der Waals surface area contributed by atoms with Crippen molar-refractivity contribution in [2.45, 2.75) is 109 Å². The molecule has 3 N–H and O–H groups in total. The van der Waals surface area contributed by atoms with E-state index in [1.54, 1.807) is 40.2 Å². The second-order valence-electron chi connectivity index (χ2n) is 19.1. The average Bonchev–Trinajstić information content (AvgIpc) is 3.43. The number of hydrogen-bond donors (Lipinski definition) is 3. The summed E-state index contributed by atoms with van der Waals surface area (Å²) in [7, 11) is 0. The smallest absolute Gasteiger partial charge is 0.261 e. The van der Waals surface area contributed by atoms with Crippen LogP contribution >= 0.6 is 136 Å². The summed E-state index contributed by atoms with van der Waals surface area (Å²) < 4.78 is 5.85. The first kappa shape index (κ1) is 75.8. The van der Waals surface area contributed by atoms with Gasteiger partial charge in [0.15, 0.2) is 0 Å². The van der Waals surface area contributed by atoms with Crippen LogP contribution in [-0.2, 0) is 19.5 Å². The first-order valence-electron chi connectivity index (χ1n) is 28.2. The topological polar surface area (TPSA) is 173 Å². The molecule has 19 heteroatoms. The van der Waals surface area contributed by atoms with Gasteiger partial charge in [-0.1, -0.05) is 293 Å². The average molecular weight is 1840 g/mol. The van der Waals surface area contributed by atoms with E-state index in [-0.39, 0.29) is 18.1 Å². The minimum absolute atomic E-state index is 0. The zero-order valence-corrected chi connectivity index (χ0v) is 63.2. The predicted molar refractivity (Wildman–Crippen MR) is 416 cm³/mol. The minimum Gasteiger partial charge on any atom is -0.313 e. The maximum atomic E-state index is 12.6. The molecule has 0 unspecified atom stereocenters. The molecule has 0 fully saturated rings. The molecule has 13 nitrogen and oxygen atoms in total. The summed E-state index contributed by atoms with van der Waals surface area (Å²) in [5.74, 6) is 0. The molecular formula is C67H80I6N10O3. The molecule has 0 spiro atoms. The lowest BCUT2D eigenvalue weighted by Crippen LogP contribution is -2.21. The summed E-state index contributed by atoms with van der Waals surface area (Å²) in [5.41, 5.74) is 11.0. The Labute approximate surface area is 590 Å². The Morgan fingerprint density at radius 2 is 0.953 bits per heavy atom. The summed E-state index contributed by atoms with van der Waals surface area (Å²) in [4.78, 5) is 51.6. The van der Waals surface area contributed by atoms with E-state index in [4.69, 9.17) is 0 Å². The number of halogens is 6. The summed E-state index contributed by atoms with van der Waals surface area (Å²) >= 11 is 14.4. The number of fused-ring (bicyclic) bond motifs is 3. The minimum atomic E-state index is -0.0833. The number of nitrogens with zero attached hydrogens (tertiary/aromatic N) is 7. The molecule has 11 aromatic rings. The van der Waals surface area contributed by atoms with Gasteiger partial charge < -0.3 is 4.98 Å². The Hall–Kier alpha value is -4.46. The lowest BCUT2D eigenvalue weighted by atomic mass is 10.1. The third-order valence-corrected chi connectivity index (χ3v) is 16.7. The number of aromatic nitrogens is 10. The van der Waals surface area contributed by atoms with Gasteiger partial charge in [0.1, 0.15) is -0.565 Å². The first-order valence-corrected chi connectivity index (χ1v) is 35.4. The van der Waals surface area contributed by atoms with Crippen LogP contribution in [0.15, 0.2) is 204 Å². The number of H-pyrrole nitrogens is 3. The van der Waals surface area contributed by atoms with Crippen molar-refractivity contribution < 1.29 is 1.43 Å². The Kier molecular flexibility index (Phi) is 38.1. The van der Waals surface area contributed by atoms with Crippen LogP contribution in [0.3, 0.4) is 0 Å². The number of aryl methyl sites for hydroxylation is 4. The molecule has 0 aliphatic rings. The molecule has 458 valence electrons. The molecule has 0 aliphatic carbocycles. The summed E-state index contributed by atoms with van der Waals surface area (Å²) in [6, 6.07) is 47.2. The largest absolute Gasteiger partial charge is 0.313 e. The van der Waals surface area contributed by atoms with Gasteiger partial charge in [0, 0.05) is 19.4 Å². The number of alkyl halides is 6. The predicted octanol–water partition coefficient (Wildman–Crippen LogP) is 19.2. The highest BCUT2D eigenvalue weighted by atomic mass is 127. The lowest BCUT2D eigenvalue weighted by molar-refractivity contribution is 0.748. The lowest BCUT2D eigenvalue weighted by Gasteiger charge is -2.07. The van der Waals surface area contributed by atoms with Gasteiger partial charge in [0.25, 0.3) is 16.7 Å². The van der Waals surface area contributed by atoms with Crippen molar-refractivity contribution in [1.82, 2.24) is 49.5 Å². The summed E-state index contributed by atoms with van der Waals surface area (Å²) in [6.07, 6.45) is 18.0. The molecule has 0 aliphatic heterocycles. The summed E-state index contributed by atoms with van der Waals surface area (Å²) in [5, 5.41) is 15.0. The van der Waals surface area contributed by atoms with Crippen molar-refractivity contribution in [2.24, 2.45) is 0 Å². The highest BCUT2D eigenvalue weighted by Gasteiger charge is 2.12. The van der Waals surface area contributed by atoms with Gasteiger partial charge in [-0.2, -0.15) is 10.2 Å². The number of aromatic amines is 3. The van der Waals surface area contributed by atoms with Crippen molar-refractivity contribution in [3.05, 3.63) is 254 Å². The molecule has 5 heterocycles. The Balaban J connectivity index is 0.000000362. The maximum Gasteiger partial charge on any atom is 0.261 e. The third kappa shape index (κ3) is 29.7. The van der Waals surface area contributed by atoms with Crippen LogP contribution in [-0.4, -0.2) is 55.3 Å². The second kappa shape index (κ2) is 43.3. The van der Waals surface area contributed by atoms with Gasteiger partial charge in [0.05, 0.1) is 79.1 Å². The normalized spacial score (nSPS) is 10.2. The van der Waals surface area contributed by atoms with Crippen LogP contribution in [0.4, 0.5) is 0 Å². The zero-order chi connectivity index (χ0) is 63.3. The van der Waals surface area contributed by atoms with Crippen LogP contribution in [0.5, 0.6) is 0 Å². The standard InChI is InChI=1S/C18H14N4O.C16H14N2O.C9H8N2O.C8H10.C4H6N2.C3H5I3.C3H6I2.C3H7I.C3H8.H2/c23-18-16-7-6-14(15-9-20-21-10-15)8-17(16)19-12-22(18)11-13-4-2-1-3-5-13;1-12-7-8-14-15(9-12)17-11-18(16(14)19)10-13-5-3-2-4-6-13;1-6-2-3-7-8(4-6)10-5-11-9(7)12;1-2-8-6-4-3-5-7-8;1-4-2-5-6-3-4;1-2-3(4,5)6;1-2-3(4)5;1-2-3-4;1-3-2;/h1-10,12H,11H2,(H,20,21);2-9,11H,10H2,1H3;2-5H,1H3,(H,10,11,12);3-7H,2H2,1H3;2-3H,1H3,(H,5,6);2H2,1H3;3H,2H2,1H3;2-3H2,1H3;3H2,1-2H3;1H/i;;;;;;;;;1+1. The molecular weight excluding hydrogens is 1750 g/mol. The molecule has 11 rings (SSSR count). The van der Waals surface area contributed by atoms with E-state index in [9.17, 15) is 14.4 Å². The highest BCUT2D eigenvalue weighted by Crippen LogP contribution is 2.38. The van der Waals surface area contributed by atoms with E-state index in [1.807, 2.05) is 148 Å². The van der Waals surface area contributed by atoms with E-state index in [2.05, 4.69) is 242 Å². The van der Waals surface area contributed by atoms with Crippen LogP contribution in [0.25, 0.3) is 43.8 Å². The zero-order valence-electron chi connectivity index (χ0n) is 50.3. The fraction of sp³-hybridized carbons (Fsp3) is 0.284. The van der Waals surface area contributed by atoms with Crippen molar-refractivity contribution in [3.63, 3.8) is 0 Å². The molecule has 0 atom stereocenters. The fourth-order valence-electron chi connectivity index (χ4n) is 7.01. The van der Waals surface area contributed by atoms with Gasteiger partial charge >= 0.3 is 0 Å². The van der Waals surface area contributed by atoms with Crippen molar-refractivity contribution in [3.8, 4) is 11.1 Å². The maximum absolute atomic E-state index is 12.6. The molecule has 86 heavy (non-hydrogen) atoms. The molecule has 5 aromatic heterocycles. The quantitative estimate of drug-likeness (QED) is 0.0946. The first-order chi connectivity index (χ1) is 41.3. The van der Waals surface area contributed by atoms with E-state index < -0.39 is 0 Å². The van der Waals surface area contributed by atoms with Crippen LogP contribution < -0.4 is 16.7 Å². The highest BCUT2D eigenvalue weighted by molar-refractivity contribution is 14.3. The molecule has 0 radical (unpaired) electrons. The van der Waals surface area contributed by atoms with Crippen molar-refractivity contribution >= 4 is 168 Å². The summed E-state index contributed by atoms with van der Waals surface area (Å²) in [6.45, 7) is 20.0. The third-order valence-electron chi connectivity index (χ3n) is 11.6. The van der Waals surface area contributed by atoms with Crippen molar-refractivity contribution in [2.75, 3.05) is 4.43 Å². The Morgan fingerprint density at radius 3 is 1.33 bits per heavy atom. The number of hydrogen-bond acceptors (Lipinski definition) is 8. The monoisotopic (exact) mass is 1840 g/mol. The molecule has 0 bridgehead atoms. The molecule has 0 saturated heterocycles. The van der Waals surface area contributed by atoms with Gasteiger partial charge in [-0.25, -0.2) is 15.0 Å². The van der Waals surface area contributed by atoms with E-state index in [1.165, 1.54) is 47.6 Å². The molecule has 0 saturated carbocycles.